The molecule has 1 aromatic heterocycles. The fraction of sp³-hybridized carbons (Fsp3) is 0.190. The average molecular weight is 362 g/mol. The number of nitrogens with zero attached hydrogens (tertiary/aromatic N) is 2. The third-order valence-corrected chi connectivity index (χ3v) is 4.01. The summed E-state index contributed by atoms with van der Waals surface area (Å²) in [6.07, 6.45) is 0.306. The van der Waals surface area contributed by atoms with Gasteiger partial charge < -0.3 is 15.4 Å². The van der Waals surface area contributed by atoms with Crippen LogP contribution in [0.5, 0.6) is 5.75 Å². The number of hydrogen-bond donors (Lipinski definition) is 2. The Morgan fingerprint density at radius 2 is 1.70 bits per heavy atom. The molecule has 2 aromatic carbocycles. The Hall–Kier alpha value is -3.41. The van der Waals surface area contributed by atoms with Crippen LogP contribution in [0, 0.1) is 6.92 Å². The lowest BCUT2D eigenvalue weighted by atomic mass is 10.1. The normalized spacial score (nSPS) is 10.3. The molecule has 0 bridgehead atoms. The van der Waals surface area contributed by atoms with Crippen molar-refractivity contribution in [2.24, 2.45) is 0 Å². The molecule has 1 amide bonds. The predicted molar refractivity (Wildman–Crippen MR) is 106 cm³/mol. The Morgan fingerprint density at radius 3 is 2.37 bits per heavy atom. The van der Waals surface area contributed by atoms with Crippen LogP contribution in [0.2, 0.25) is 0 Å². The lowest BCUT2D eigenvalue weighted by Gasteiger charge is -2.08. The van der Waals surface area contributed by atoms with Crippen molar-refractivity contribution in [3.8, 4) is 5.75 Å². The van der Waals surface area contributed by atoms with E-state index in [2.05, 4.69) is 20.8 Å². The second-order valence-electron chi connectivity index (χ2n) is 6.22. The Bertz CT molecular complexity index is 893. The zero-order valence-electron chi connectivity index (χ0n) is 15.4. The van der Waals surface area contributed by atoms with Gasteiger partial charge in [0.1, 0.15) is 11.6 Å². The maximum atomic E-state index is 12.1. The summed E-state index contributed by atoms with van der Waals surface area (Å²) in [7, 11) is 1.64. The van der Waals surface area contributed by atoms with Crippen LogP contribution in [0.3, 0.4) is 0 Å². The molecule has 0 spiro atoms. The number of carbonyl (C=O) groups is 1. The fourth-order valence-electron chi connectivity index (χ4n) is 2.62. The molecular weight excluding hydrogens is 340 g/mol. The van der Waals surface area contributed by atoms with Gasteiger partial charge in [-0.25, -0.2) is 0 Å². The van der Waals surface area contributed by atoms with E-state index >= 15 is 0 Å². The van der Waals surface area contributed by atoms with E-state index in [0.29, 0.717) is 24.6 Å². The van der Waals surface area contributed by atoms with Crippen LogP contribution in [0.4, 0.5) is 11.6 Å². The van der Waals surface area contributed by atoms with Crippen molar-refractivity contribution in [2.75, 3.05) is 17.7 Å². The Balaban J connectivity index is 1.51. The maximum Gasteiger partial charge on any atom is 0.229 e. The molecule has 0 unspecified atom stereocenters. The van der Waals surface area contributed by atoms with E-state index in [9.17, 15) is 4.79 Å². The number of amides is 1. The van der Waals surface area contributed by atoms with E-state index in [-0.39, 0.29) is 5.91 Å². The molecule has 1 heterocycles. The van der Waals surface area contributed by atoms with Gasteiger partial charge in [-0.3, -0.25) is 4.79 Å². The molecule has 138 valence electrons. The van der Waals surface area contributed by atoms with Crippen molar-refractivity contribution >= 4 is 17.5 Å². The Labute approximate surface area is 158 Å². The first-order chi connectivity index (χ1) is 13.1. The van der Waals surface area contributed by atoms with Crippen LogP contribution in [-0.4, -0.2) is 23.2 Å². The summed E-state index contributed by atoms with van der Waals surface area (Å²) in [6.45, 7) is 2.63. The minimum atomic E-state index is -0.117. The number of anilines is 2. The van der Waals surface area contributed by atoms with Gasteiger partial charge in [-0.15, -0.1) is 10.2 Å². The number of ether oxygens (including phenoxy) is 1. The van der Waals surface area contributed by atoms with E-state index < -0.39 is 0 Å². The van der Waals surface area contributed by atoms with Crippen LogP contribution in [0.1, 0.15) is 16.7 Å². The Morgan fingerprint density at radius 1 is 0.963 bits per heavy atom. The summed E-state index contributed by atoms with van der Waals surface area (Å²) in [6, 6.07) is 19.2. The van der Waals surface area contributed by atoms with Crippen LogP contribution < -0.4 is 15.4 Å². The molecule has 0 radical (unpaired) electrons. The summed E-state index contributed by atoms with van der Waals surface area (Å²) in [5.41, 5.74) is 3.21. The van der Waals surface area contributed by atoms with Gasteiger partial charge in [0.05, 0.1) is 13.5 Å². The molecule has 27 heavy (non-hydrogen) atoms. The molecule has 0 saturated carbocycles. The second kappa shape index (κ2) is 8.80. The van der Waals surface area contributed by atoms with Gasteiger partial charge in [-0.1, -0.05) is 42.0 Å². The summed E-state index contributed by atoms with van der Waals surface area (Å²) < 4.78 is 5.14. The van der Waals surface area contributed by atoms with Crippen LogP contribution in [-0.2, 0) is 17.8 Å². The number of nitrogens with one attached hydrogen (secondary N) is 2. The average Bonchev–Trinajstić information content (AvgIpc) is 2.68. The Kier molecular flexibility index (Phi) is 5.99. The van der Waals surface area contributed by atoms with Crippen LogP contribution in [0.25, 0.3) is 0 Å². The first kappa shape index (κ1) is 18.4. The van der Waals surface area contributed by atoms with Gasteiger partial charge in [0.15, 0.2) is 5.82 Å². The first-order valence-electron chi connectivity index (χ1n) is 8.68. The van der Waals surface area contributed by atoms with E-state index in [0.717, 1.165) is 22.4 Å². The lowest BCUT2D eigenvalue weighted by Crippen LogP contribution is -2.16. The zero-order chi connectivity index (χ0) is 19.1. The molecule has 2 N–H and O–H groups in total. The molecule has 3 aromatic rings. The van der Waals surface area contributed by atoms with E-state index in [1.165, 1.54) is 0 Å². The minimum Gasteiger partial charge on any atom is -0.497 e. The van der Waals surface area contributed by atoms with Crippen LogP contribution >= 0.6 is 0 Å². The molecule has 6 heteroatoms. The van der Waals surface area contributed by atoms with Crippen molar-refractivity contribution in [3.05, 3.63) is 77.4 Å². The molecule has 0 aliphatic rings. The van der Waals surface area contributed by atoms with Crippen molar-refractivity contribution < 1.29 is 9.53 Å². The molecule has 0 saturated heterocycles. The molecule has 3 rings (SSSR count). The molecule has 6 nitrogen and oxygen atoms in total. The van der Waals surface area contributed by atoms with Gasteiger partial charge in [-0.05, 0) is 42.3 Å². The van der Waals surface area contributed by atoms with Crippen molar-refractivity contribution in [1.29, 1.82) is 0 Å². The number of benzene rings is 2. The highest BCUT2D eigenvalue weighted by atomic mass is 16.5. The third kappa shape index (κ3) is 5.54. The summed E-state index contributed by atoms with van der Waals surface area (Å²) >= 11 is 0. The molecule has 0 fully saturated rings. The SMILES string of the molecule is COc1ccc(CNc2ccc(NC(=O)Cc3cccc(C)c3)nn2)cc1. The van der Waals surface area contributed by atoms with Gasteiger partial charge >= 0.3 is 0 Å². The van der Waals surface area contributed by atoms with Gasteiger partial charge in [0.2, 0.25) is 5.91 Å². The second-order valence-corrected chi connectivity index (χ2v) is 6.22. The highest BCUT2D eigenvalue weighted by Crippen LogP contribution is 2.13. The van der Waals surface area contributed by atoms with Gasteiger partial charge in [0.25, 0.3) is 0 Å². The lowest BCUT2D eigenvalue weighted by molar-refractivity contribution is -0.115. The number of aryl methyl sites for hydroxylation is 1. The molecule has 0 aliphatic carbocycles. The summed E-state index contributed by atoms with van der Waals surface area (Å²) in [4.78, 5) is 12.1. The van der Waals surface area contributed by atoms with Gasteiger partial charge in [-0.2, -0.15) is 0 Å². The largest absolute Gasteiger partial charge is 0.497 e. The van der Waals surface area contributed by atoms with Crippen LogP contribution in [0.15, 0.2) is 60.7 Å². The fourth-order valence-corrected chi connectivity index (χ4v) is 2.62. The summed E-state index contributed by atoms with van der Waals surface area (Å²) in [5, 5.41) is 14.1. The number of aromatic nitrogens is 2. The zero-order valence-corrected chi connectivity index (χ0v) is 15.4. The quantitative estimate of drug-likeness (QED) is 0.672. The topological polar surface area (TPSA) is 76.1 Å². The maximum absolute atomic E-state index is 12.1. The van der Waals surface area contributed by atoms with E-state index in [1.807, 2.05) is 55.5 Å². The number of carbonyl (C=O) groups excluding carboxylic acids is 1. The van der Waals surface area contributed by atoms with Gasteiger partial charge in [0, 0.05) is 6.54 Å². The van der Waals surface area contributed by atoms with Crippen molar-refractivity contribution in [2.45, 2.75) is 19.9 Å². The third-order valence-electron chi connectivity index (χ3n) is 4.01. The minimum absolute atomic E-state index is 0.117. The van der Waals surface area contributed by atoms with Crippen molar-refractivity contribution in [1.82, 2.24) is 10.2 Å². The molecule has 0 atom stereocenters. The monoisotopic (exact) mass is 362 g/mol. The highest BCUT2D eigenvalue weighted by molar-refractivity contribution is 5.91. The number of methoxy groups -OCH3 is 1. The smallest absolute Gasteiger partial charge is 0.229 e. The standard InChI is InChI=1S/C21H22N4O2/c1-15-4-3-5-17(12-15)13-21(26)23-20-11-10-19(24-25-20)22-14-16-6-8-18(27-2)9-7-16/h3-12H,13-14H2,1-2H3,(H,22,24)(H,23,25,26). The number of rotatable bonds is 7. The van der Waals surface area contributed by atoms with E-state index in [1.54, 1.807) is 19.2 Å². The first-order valence-corrected chi connectivity index (χ1v) is 8.68. The highest BCUT2D eigenvalue weighted by Gasteiger charge is 2.06. The molecular formula is C21H22N4O2. The van der Waals surface area contributed by atoms with E-state index in [4.69, 9.17) is 4.74 Å². The van der Waals surface area contributed by atoms with Crippen molar-refractivity contribution in [3.63, 3.8) is 0 Å². The predicted octanol–water partition coefficient (Wildman–Crippen LogP) is 3.59. The number of hydrogen-bond acceptors (Lipinski definition) is 5. The molecule has 0 aliphatic heterocycles. The summed E-state index contributed by atoms with van der Waals surface area (Å²) in [5.74, 6) is 1.78.